The minimum atomic E-state index is -10.7. The molecule has 0 bridgehead atoms. The number of unbranched alkanes of at least 4 members (excludes halogenated alkanes) is 4. The Bertz CT molecular complexity index is 2700. The number of rotatable bonds is 18. The first-order valence-corrected chi connectivity index (χ1v) is 34.1. The number of likely N-dealkylation sites (N-methyl/N-ethyl adjacent to an activating group) is 1. The average molecular weight is 1320 g/mol. The molecule has 0 unspecified atom stereocenters. The summed E-state index contributed by atoms with van der Waals surface area (Å²) in [6.45, 7) is 17.0. The van der Waals surface area contributed by atoms with E-state index in [1.54, 1.807) is 84.9 Å². The summed E-state index contributed by atoms with van der Waals surface area (Å²) in [5.41, 5.74) is -4.12. The van der Waals surface area contributed by atoms with Gasteiger partial charge >= 0.3 is 39.0 Å². The molecule has 6 rings (SSSR count). The van der Waals surface area contributed by atoms with Crippen LogP contribution in [0.25, 0.3) is 0 Å². The number of carbonyl (C=O) groups excluding carboxylic acids is 2. The van der Waals surface area contributed by atoms with Crippen molar-refractivity contribution in [2.45, 2.75) is 230 Å². The van der Waals surface area contributed by atoms with Crippen molar-refractivity contribution in [3.63, 3.8) is 0 Å². The Kier molecular flexibility index (Phi) is 25.8. The van der Waals surface area contributed by atoms with Gasteiger partial charge in [-0.3, -0.25) is 9.59 Å². The summed E-state index contributed by atoms with van der Waals surface area (Å²) in [4.78, 5) is 32.8. The molecular weight excluding hydrogens is 1230 g/mol. The number of cyclic esters (lactones) is 1. The van der Waals surface area contributed by atoms with Crippen molar-refractivity contribution in [2.75, 3.05) is 27.7 Å². The number of amides is 1. The summed E-state index contributed by atoms with van der Waals surface area (Å²) in [6, 6.07) is 15.9. The number of ether oxygens (including phenoxy) is 6. The number of halogens is 9. The zero-order valence-corrected chi connectivity index (χ0v) is 55.1. The average Bonchev–Trinajstić information content (AvgIpc) is 3.34. The zero-order chi connectivity index (χ0) is 67.0. The van der Waals surface area contributed by atoms with Crippen LogP contribution in [0.15, 0.2) is 66.7 Å². The van der Waals surface area contributed by atoms with Crippen molar-refractivity contribution in [1.82, 2.24) is 9.80 Å². The second kappa shape index (κ2) is 30.2. The van der Waals surface area contributed by atoms with Crippen molar-refractivity contribution in [3.05, 3.63) is 89.7 Å². The summed E-state index contributed by atoms with van der Waals surface area (Å²) in [7, 11) is -7.23. The molecule has 18 atom stereocenters. The van der Waals surface area contributed by atoms with Crippen LogP contribution in [-0.4, -0.2) is 165 Å². The van der Waals surface area contributed by atoms with Crippen molar-refractivity contribution in [1.29, 1.82) is 0 Å². The molecule has 89 heavy (non-hydrogen) atoms. The van der Waals surface area contributed by atoms with Crippen LogP contribution in [0.1, 0.15) is 139 Å². The molecule has 3 saturated heterocycles. The van der Waals surface area contributed by atoms with Crippen LogP contribution in [0, 0.1) is 35.2 Å². The van der Waals surface area contributed by atoms with E-state index in [1.807, 2.05) is 32.8 Å². The van der Waals surface area contributed by atoms with Crippen LogP contribution in [-0.2, 0) is 44.4 Å². The van der Waals surface area contributed by atoms with Gasteiger partial charge in [-0.25, -0.2) is 13.2 Å². The molecule has 3 aliphatic rings. The summed E-state index contributed by atoms with van der Waals surface area (Å²) in [5, 5.41) is 63.2. The molecule has 0 aliphatic carbocycles. The maximum atomic E-state index is 14.9. The predicted octanol–water partition coefficient (Wildman–Crippen LogP) is 10.7. The molecule has 3 heterocycles. The van der Waals surface area contributed by atoms with E-state index >= 15 is 0 Å². The molecule has 26 heteroatoms. The van der Waals surface area contributed by atoms with Gasteiger partial charge in [-0.2, -0.15) is 0 Å². The van der Waals surface area contributed by atoms with Gasteiger partial charge in [-0.1, -0.05) is 40.0 Å². The number of carbonyl (C=O) groups is 2. The molecule has 1 amide bonds. The number of aliphatic hydroxyl groups excluding tert-OH is 3. The summed E-state index contributed by atoms with van der Waals surface area (Å²) >= 11 is 0. The number of hydrogen-bond acceptors (Lipinski definition) is 14. The fourth-order valence-corrected chi connectivity index (χ4v) is 15.6. The van der Waals surface area contributed by atoms with Crippen LogP contribution in [0.5, 0.6) is 0 Å². The second-order valence-electron chi connectivity index (χ2n) is 25.7. The van der Waals surface area contributed by atoms with Gasteiger partial charge in [-0.05, 0) is 179 Å². The molecule has 3 fully saturated rings. The van der Waals surface area contributed by atoms with E-state index < -0.39 is 118 Å². The van der Waals surface area contributed by atoms with Crippen molar-refractivity contribution >= 4 is 43.5 Å². The molecule has 0 aromatic heterocycles. The first kappa shape index (κ1) is 76.1. The predicted molar refractivity (Wildman–Crippen MR) is 325 cm³/mol. The van der Waals surface area contributed by atoms with E-state index in [4.69, 9.17) is 28.4 Å². The van der Waals surface area contributed by atoms with Crippen LogP contribution >= 0.6 is 15.7 Å². The molecule has 3 aliphatic heterocycles. The van der Waals surface area contributed by atoms with Gasteiger partial charge in [0.25, 0.3) is 0 Å². The number of hydrogen-bond donors (Lipinski definition) is 5. The van der Waals surface area contributed by atoms with E-state index in [-0.39, 0.29) is 67.7 Å². The number of esters is 1. The molecule has 508 valence electrons. The van der Waals surface area contributed by atoms with Gasteiger partial charge in [0.2, 0.25) is 5.91 Å². The molecule has 3 aromatic rings. The SMILES string of the molecule is CC[C@H]1OC(=O)[C@H](C)[C@@H](O[C@H]2C[C@@](C)(OC)[C@@H](O)[C@H](C)O2)[C@H](C)[C@@H](O[C@@H]2O[C@H](C)C[C@H](N(C)C)[C@H]2O)[C@](C)(O)C[C@@H](C)CN(C(=O)CCCCCCCc2cc(F)ccc2[PH+](c2ccc(F)cc2)c2ccc(F)cc2)[C@H](C)[C@@H](O)[C@]1(C)O.F[P-](F)(F)(F)(F)F. The van der Waals surface area contributed by atoms with Crippen LogP contribution in [0.2, 0.25) is 0 Å². The van der Waals surface area contributed by atoms with E-state index in [2.05, 4.69) is 0 Å². The summed E-state index contributed by atoms with van der Waals surface area (Å²) in [5.74, 6) is -4.69. The Hall–Kier alpha value is -3.61. The standard InChI is InChI=1S/C63H94F3N2O13P.F6P/c1-14-51-63(10,75)56(71)41(6)68(52(69)21-19-17-15-16-18-20-43-33-46(66)26-31-50(43)82(47-27-22-44(64)23-28-47)48-29-24-45(65)25-30-48)36-37(2)34-61(8,74)58(81-60-54(70)49(67(11)12)32-38(3)77-60)39(4)55(40(5)59(73)79-51)80-53-35-62(9,76-13)57(72)42(7)78-53;1-7(2,3,4,5)6/h22-31,33,37-42,49,51,53-58,60,70-72,74-75H,14-21,32,34-36H2,1-13H3;/q;-1/p+1/t37-,38-,39+,40-,41-,42+,49+,51-,53+,54-,55+,56-,57+,58-,60+,61-,62-,63-;/m1./s1. The summed E-state index contributed by atoms with van der Waals surface area (Å²) in [6.07, 6.45) is -5.98. The van der Waals surface area contributed by atoms with E-state index in [0.717, 1.165) is 40.7 Å². The Morgan fingerprint density at radius 3 is 1.84 bits per heavy atom. The molecular formula is C63H95F9N2O13P2. The fraction of sp³-hybridized carbons (Fsp3) is 0.683. The molecule has 5 N–H and O–H groups in total. The summed E-state index contributed by atoms with van der Waals surface area (Å²) < 4.78 is 140. The van der Waals surface area contributed by atoms with Gasteiger partial charge in [0.1, 0.15) is 63.4 Å². The zero-order valence-electron chi connectivity index (χ0n) is 53.2. The number of methoxy groups -OCH3 is 1. The van der Waals surface area contributed by atoms with Crippen LogP contribution in [0.4, 0.5) is 38.4 Å². The molecule has 0 radical (unpaired) electrons. The van der Waals surface area contributed by atoms with Gasteiger partial charge < -0.3 is 63.8 Å². The molecule has 3 aromatic carbocycles. The Morgan fingerprint density at radius 1 is 0.764 bits per heavy atom. The van der Waals surface area contributed by atoms with E-state index in [9.17, 15) is 73.5 Å². The van der Waals surface area contributed by atoms with Crippen molar-refractivity contribution in [2.24, 2.45) is 17.8 Å². The quantitative estimate of drug-likeness (QED) is 0.0349. The Labute approximate surface area is 518 Å². The Balaban J connectivity index is 0.00000194. The third-order valence-corrected chi connectivity index (χ3v) is 20.5. The van der Waals surface area contributed by atoms with Gasteiger partial charge in [0.15, 0.2) is 12.6 Å². The van der Waals surface area contributed by atoms with E-state index in [0.29, 0.717) is 25.7 Å². The third kappa shape index (κ3) is 21.7. The van der Waals surface area contributed by atoms with Crippen LogP contribution < -0.4 is 15.9 Å². The number of aliphatic hydroxyl groups is 5. The fourth-order valence-electron chi connectivity index (χ4n) is 12.8. The molecule has 15 nitrogen and oxygen atoms in total. The van der Waals surface area contributed by atoms with Gasteiger partial charge in [-0.15, -0.1) is 0 Å². The molecule has 0 spiro atoms. The van der Waals surface area contributed by atoms with Gasteiger partial charge in [0.05, 0.1) is 55.5 Å². The Morgan fingerprint density at radius 2 is 1.30 bits per heavy atom. The first-order chi connectivity index (χ1) is 41.0. The molecule has 0 saturated carbocycles. The number of aryl methyl sites for hydroxylation is 1. The first-order valence-electron chi connectivity index (χ1n) is 30.5. The van der Waals surface area contributed by atoms with Crippen molar-refractivity contribution < 1.29 is 102 Å². The normalized spacial score (nSPS) is 34.6. The monoisotopic (exact) mass is 1320 g/mol. The number of nitrogens with zero attached hydrogens (tertiary/aromatic N) is 2. The van der Waals surface area contributed by atoms with Gasteiger partial charge in [0, 0.05) is 38.5 Å². The maximum absolute atomic E-state index is 14.9. The number of benzene rings is 3. The van der Waals surface area contributed by atoms with Crippen molar-refractivity contribution in [3.8, 4) is 0 Å². The third-order valence-electron chi connectivity index (χ3n) is 17.7. The minimum absolute atomic E-state index is 0.0118. The topological polar surface area (TPSA) is 197 Å². The van der Waals surface area contributed by atoms with Crippen LogP contribution in [0.3, 0.4) is 0 Å². The van der Waals surface area contributed by atoms with E-state index in [1.165, 1.54) is 49.3 Å². The second-order valence-corrected chi connectivity index (χ2v) is 30.0.